The molecule has 0 spiro atoms. The lowest BCUT2D eigenvalue weighted by Crippen LogP contribution is -2.14. The number of esters is 1. The summed E-state index contributed by atoms with van der Waals surface area (Å²) in [5, 5.41) is 9.42. The van der Waals surface area contributed by atoms with Crippen molar-refractivity contribution < 1.29 is 14.6 Å². The SMILES string of the molecule is CCCC/C=C\C=C/C/C=C/C=C/C#CCCCCCCCCCC(O)OC(C)=O. The van der Waals surface area contributed by atoms with E-state index in [1.807, 2.05) is 18.2 Å². The minimum atomic E-state index is -0.940. The molecule has 3 nitrogen and oxygen atoms in total. The number of carbonyl (C=O) groups excluding carboxylic acids is 1. The molecule has 0 heterocycles. The summed E-state index contributed by atoms with van der Waals surface area (Å²) in [5.74, 6) is 5.86. The van der Waals surface area contributed by atoms with E-state index in [1.165, 1.54) is 45.4 Å². The highest BCUT2D eigenvalue weighted by Gasteiger charge is 2.05. The summed E-state index contributed by atoms with van der Waals surface area (Å²) >= 11 is 0. The van der Waals surface area contributed by atoms with Crippen LogP contribution in [0.15, 0.2) is 48.6 Å². The number of unbranched alkanes of at least 4 members (excludes halogenated alkanes) is 9. The molecule has 30 heavy (non-hydrogen) atoms. The van der Waals surface area contributed by atoms with Gasteiger partial charge < -0.3 is 9.84 Å². The van der Waals surface area contributed by atoms with Gasteiger partial charge in [0, 0.05) is 19.8 Å². The number of rotatable bonds is 17. The molecule has 1 N–H and O–H groups in total. The number of ether oxygens (including phenoxy) is 1. The molecule has 0 aromatic rings. The number of aliphatic hydroxyl groups excluding tert-OH is 1. The Morgan fingerprint density at radius 1 is 0.900 bits per heavy atom. The lowest BCUT2D eigenvalue weighted by atomic mass is 10.1. The Morgan fingerprint density at radius 2 is 1.53 bits per heavy atom. The van der Waals surface area contributed by atoms with Gasteiger partial charge in [0.25, 0.3) is 0 Å². The second kappa shape index (κ2) is 23.2. The van der Waals surface area contributed by atoms with Gasteiger partial charge in [-0.25, -0.2) is 0 Å². The first kappa shape index (κ1) is 27.9. The Labute approximate surface area is 185 Å². The van der Waals surface area contributed by atoms with E-state index < -0.39 is 12.3 Å². The molecule has 0 aromatic heterocycles. The fourth-order valence-electron chi connectivity index (χ4n) is 2.79. The van der Waals surface area contributed by atoms with E-state index in [0.29, 0.717) is 6.42 Å². The van der Waals surface area contributed by atoms with Crippen LogP contribution < -0.4 is 0 Å². The first-order chi connectivity index (χ1) is 14.7. The van der Waals surface area contributed by atoms with Gasteiger partial charge in [-0.15, -0.1) is 0 Å². The molecule has 0 aromatic carbocycles. The second-order valence-corrected chi connectivity index (χ2v) is 7.42. The van der Waals surface area contributed by atoms with Crippen molar-refractivity contribution in [3.05, 3.63) is 48.6 Å². The average Bonchev–Trinajstić information content (AvgIpc) is 2.71. The summed E-state index contributed by atoms with van der Waals surface area (Å²) in [6, 6.07) is 0. The van der Waals surface area contributed by atoms with Crippen LogP contribution in [-0.2, 0) is 9.53 Å². The van der Waals surface area contributed by atoms with E-state index in [4.69, 9.17) is 0 Å². The van der Waals surface area contributed by atoms with Crippen molar-refractivity contribution in [2.45, 2.75) is 104 Å². The zero-order valence-electron chi connectivity index (χ0n) is 19.2. The third-order valence-corrected chi connectivity index (χ3v) is 4.46. The smallest absolute Gasteiger partial charge is 0.304 e. The zero-order chi connectivity index (χ0) is 22.1. The molecule has 0 rings (SSSR count). The molecule has 0 radical (unpaired) electrons. The van der Waals surface area contributed by atoms with Gasteiger partial charge in [-0.05, 0) is 31.8 Å². The van der Waals surface area contributed by atoms with E-state index >= 15 is 0 Å². The van der Waals surface area contributed by atoms with Gasteiger partial charge >= 0.3 is 5.97 Å². The van der Waals surface area contributed by atoms with E-state index in [9.17, 15) is 9.90 Å². The zero-order valence-corrected chi connectivity index (χ0v) is 19.2. The largest absolute Gasteiger partial charge is 0.436 e. The van der Waals surface area contributed by atoms with E-state index in [-0.39, 0.29) is 0 Å². The Kier molecular flexibility index (Phi) is 21.6. The molecule has 0 saturated heterocycles. The highest BCUT2D eigenvalue weighted by Crippen LogP contribution is 2.11. The predicted molar refractivity (Wildman–Crippen MR) is 128 cm³/mol. The van der Waals surface area contributed by atoms with Crippen molar-refractivity contribution in [3.8, 4) is 11.8 Å². The molecule has 0 bridgehead atoms. The Morgan fingerprint density at radius 3 is 2.23 bits per heavy atom. The first-order valence-electron chi connectivity index (χ1n) is 11.6. The standard InChI is InChI=1S/C27H42O3/c1-3-4-5-6-7-8-9-10-11-12-13-14-15-16-17-18-19-20-21-22-23-24-25-27(29)30-26(2)28/h6-9,11-14,27,29H,3-5,10,17-25H2,1-2H3/b7-6-,9-8-,12-11+,14-13+. The molecule has 168 valence electrons. The molecule has 0 aliphatic heterocycles. The van der Waals surface area contributed by atoms with Crippen LogP contribution in [0.2, 0.25) is 0 Å². The molecular weight excluding hydrogens is 372 g/mol. The molecule has 3 heteroatoms. The third kappa shape index (κ3) is 24.0. The third-order valence-electron chi connectivity index (χ3n) is 4.46. The summed E-state index contributed by atoms with van der Waals surface area (Å²) in [5.41, 5.74) is 0. The number of hydrogen-bond donors (Lipinski definition) is 1. The summed E-state index contributed by atoms with van der Waals surface area (Å²) in [4.78, 5) is 10.7. The van der Waals surface area contributed by atoms with Crippen LogP contribution in [0, 0.1) is 11.8 Å². The lowest BCUT2D eigenvalue weighted by molar-refractivity contribution is -0.165. The van der Waals surface area contributed by atoms with Crippen LogP contribution in [0.1, 0.15) is 97.3 Å². The van der Waals surface area contributed by atoms with Gasteiger partial charge in [0.05, 0.1) is 0 Å². The van der Waals surface area contributed by atoms with Crippen LogP contribution in [0.25, 0.3) is 0 Å². The first-order valence-corrected chi connectivity index (χ1v) is 11.6. The van der Waals surface area contributed by atoms with Gasteiger partial charge in [0.1, 0.15) is 0 Å². The molecule has 0 amide bonds. The van der Waals surface area contributed by atoms with Gasteiger partial charge in [0.15, 0.2) is 0 Å². The molecule has 0 aliphatic rings. The molecule has 0 saturated carbocycles. The number of hydrogen-bond acceptors (Lipinski definition) is 3. The second-order valence-electron chi connectivity index (χ2n) is 7.42. The van der Waals surface area contributed by atoms with Gasteiger partial charge in [0.2, 0.25) is 6.29 Å². The van der Waals surface area contributed by atoms with Gasteiger partial charge in [-0.2, -0.15) is 0 Å². The minimum absolute atomic E-state index is 0.424. The van der Waals surface area contributed by atoms with E-state index in [2.05, 4.69) is 53.9 Å². The number of aliphatic hydroxyl groups is 1. The molecular formula is C27H42O3. The van der Waals surface area contributed by atoms with E-state index in [1.54, 1.807) is 0 Å². The molecule has 1 atom stereocenters. The Balaban J connectivity index is 3.47. The molecule has 0 aliphatic carbocycles. The summed E-state index contributed by atoms with van der Waals surface area (Å²) in [6.45, 7) is 3.53. The van der Waals surface area contributed by atoms with Crippen molar-refractivity contribution in [3.63, 3.8) is 0 Å². The van der Waals surface area contributed by atoms with Crippen molar-refractivity contribution in [2.75, 3.05) is 0 Å². The van der Waals surface area contributed by atoms with Crippen LogP contribution in [0.3, 0.4) is 0 Å². The van der Waals surface area contributed by atoms with Crippen molar-refractivity contribution >= 4 is 5.97 Å². The topological polar surface area (TPSA) is 46.5 Å². The fourth-order valence-corrected chi connectivity index (χ4v) is 2.79. The predicted octanol–water partition coefficient (Wildman–Crippen LogP) is 7.19. The summed E-state index contributed by atoms with van der Waals surface area (Å²) < 4.78 is 4.69. The minimum Gasteiger partial charge on any atom is -0.436 e. The van der Waals surface area contributed by atoms with Gasteiger partial charge in [-0.3, -0.25) is 4.79 Å². The Hall–Kier alpha value is -2.05. The summed E-state index contributed by atoms with van der Waals surface area (Å²) in [6.07, 6.45) is 29.8. The van der Waals surface area contributed by atoms with Crippen LogP contribution >= 0.6 is 0 Å². The van der Waals surface area contributed by atoms with Crippen molar-refractivity contribution in [1.29, 1.82) is 0 Å². The molecule has 0 fully saturated rings. The van der Waals surface area contributed by atoms with Gasteiger partial charge in [-0.1, -0.05) is 106 Å². The monoisotopic (exact) mass is 414 g/mol. The van der Waals surface area contributed by atoms with Crippen molar-refractivity contribution in [2.24, 2.45) is 0 Å². The maximum atomic E-state index is 10.7. The quantitative estimate of drug-likeness (QED) is 0.0901. The maximum Gasteiger partial charge on any atom is 0.304 e. The average molecular weight is 415 g/mol. The highest BCUT2D eigenvalue weighted by atomic mass is 16.6. The number of allylic oxidation sites excluding steroid dienone is 8. The van der Waals surface area contributed by atoms with Crippen LogP contribution in [0.5, 0.6) is 0 Å². The highest BCUT2D eigenvalue weighted by molar-refractivity contribution is 5.65. The number of carbonyl (C=O) groups is 1. The maximum absolute atomic E-state index is 10.7. The summed E-state index contributed by atoms with van der Waals surface area (Å²) in [7, 11) is 0. The van der Waals surface area contributed by atoms with Crippen molar-refractivity contribution in [1.82, 2.24) is 0 Å². The lowest BCUT2D eigenvalue weighted by Gasteiger charge is -2.09. The van der Waals surface area contributed by atoms with Crippen LogP contribution in [0.4, 0.5) is 0 Å². The Bertz CT molecular complexity index is 573. The van der Waals surface area contributed by atoms with Crippen LogP contribution in [-0.4, -0.2) is 17.4 Å². The fraction of sp³-hybridized carbons (Fsp3) is 0.593. The van der Waals surface area contributed by atoms with E-state index in [0.717, 1.165) is 38.5 Å². The normalized spacial score (nSPS) is 12.8. The molecule has 1 unspecified atom stereocenters.